The first-order valence-corrected chi connectivity index (χ1v) is 13.0. The molecule has 40 heavy (non-hydrogen) atoms. The average molecular weight is 539 g/mol. The number of anilines is 2. The van der Waals surface area contributed by atoms with Crippen LogP contribution in [0.15, 0.2) is 84.2 Å². The fourth-order valence-electron chi connectivity index (χ4n) is 5.28. The Morgan fingerprint density at radius 3 is 2.65 bits per heavy atom. The molecule has 202 valence electrons. The van der Waals surface area contributed by atoms with Crippen LogP contribution in [0.4, 0.5) is 15.9 Å². The van der Waals surface area contributed by atoms with Gasteiger partial charge in [-0.2, -0.15) is 0 Å². The number of aromatic nitrogens is 4. The van der Waals surface area contributed by atoms with Crippen molar-refractivity contribution >= 4 is 28.4 Å². The molecule has 0 saturated heterocycles. The molecular weight excluding hydrogens is 511 g/mol. The predicted molar refractivity (Wildman–Crippen MR) is 150 cm³/mol. The highest BCUT2D eigenvalue weighted by Gasteiger charge is 2.32. The Balaban J connectivity index is 1.23. The number of nitrogen functional groups attached to an aromatic ring is 1. The van der Waals surface area contributed by atoms with Gasteiger partial charge in [0.05, 0.1) is 11.9 Å². The summed E-state index contributed by atoms with van der Waals surface area (Å²) in [5.41, 5.74) is 9.41. The lowest BCUT2D eigenvalue weighted by molar-refractivity contribution is 0.102. The number of aliphatic hydroxyl groups is 1. The molecule has 2 aromatic carbocycles. The normalized spacial score (nSPS) is 16.6. The molecule has 1 fully saturated rings. The van der Waals surface area contributed by atoms with Gasteiger partial charge in [-0.15, -0.1) is 0 Å². The number of hydrogen-bond acceptors (Lipinski definition) is 6. The zero-order chi connectivity index (χ0) is 27.8. The van der Waals surface area contributed by atoms with Gasteiger partial charge in [-0.05, 0) is 66.3 Å². The van der Waals surface area contributed by atoms with Gasteiger partial charge in [-0.1, -0.05) is 24.3 Å². The first-order chi connectivity index (χ1) is 19.4. The van der Waals surface area contributed by atoms with Gasteiger partial charge in [0.1, 0.15) is 29.2 Å². The van der Waals surface area contributed by atoms with Crippen LogP contribution in [0.2, 0.25) is 0 Å². The smallest absolute Gasteiger partial charge is 0.263 e. The van der Waals surface area contributed by atoms with E-state index in [9.17, 15) is 19.1 Å². The van der Waals surface area contributed by atoms with Crippen LogP contribution in [0.5, 0.6) is 0 Å². The summed E-state index contributed by atoms with van der Waals surface area (Å²) in [4.78, 5) is 34.6. The highest BCUT2D eigenvalue weighted by molar-refractivity contribution is 6.04. The van der Waals surface area contributed by atoms with Crippen LogP contribution in [0.1, 0.15) is 34.8 Å². The largest absolute Gasteiger partial charge is 0.396 e. The number of benzene rings is 2. The lowest BCUT2D eigenvalue weighted by Crippen LogP contribution is -2.29. The average Bonchev–Trinajstić information content (AvgIpc) is 3.30. The van der Waals surface area contributed by atoms with Gasteiger partial charge in [0.15, 0.2) is 0 Å². The molecule has 4 N–H and O–H groups in total. The van der Waals surface area contributed by atoms with Crippen molar-refractivity contribution in [3.8, 4) is 11.1 Å². The zero-order valence-corrected chi connectivity index (χ0v) is 21.5. The highest BCUT2D eigenvalue weighted by Crippen LogP contribution is 2.42. The second-order valence-corrected chi connectivity index (χ2v) is 10.1. The Labute approximate surface area is 228 Å². The van der Waals surface area contributed by atoms with E-state index in [0.717, 1.165) is 35.0 Å². The van der Waals surface area contributed by atoms with Crippen LogP contribution in [-0.2, 0) is 6.54 Å². The van der Waals surface area contributed by atoms with Crippen LogP contribution in [0.25, 0.3) is 22.2 Å². The number of pyridine rings is 1. The second kappa shape index (κ2) is 10.4. The number of fused-ring (bicyclic) bond motifs is 1. The molecule has 1 saturated carbocycles. The Morgan fingerprint density at radius 1 is 1.10 bits per heavy atom. The van der Waals surface area contributed by atoms with Crippen molar-refractivity contribution in [3.05, 3.63) is 107 Å². The summed E-state index contributed by atoms with van der Waals surface area (Å²) >= 11 is 0. The van der Waals surface area contributed by atoms with Crippen molar-refractivity contribution < 1.29 is 14.3 Å². The van der Waals surface area contributed by atoms with E-state index >= 15 is 0 Å². The lowest BCUT2D eigenvalue weighted by Gasteiger charge is -2.35. The van der Waals surface area contributed by atoms with Crippen molar-refractivity contribution in [2.45, 2.75) is 25.4 Å². The van der Waals surface area contributed by atoms with E-state index < -0.39 is 11.5 Å². The van der Waals surface area contributed by atoms with Crippen LogP contribution in [0, 0.1) is 11.7 Å². The van der Waals surface area contributed by atoms with E-state index in [1.807, 2.05) is 18.3 Å². The van der Waals surface area contributed by atoms with E-state index in [1.165, 1.54) is 29.1 Å². The molecule has 10 heteroatoms. The molecule has 6 rings (SSSR count). The monoisotopic (exact) mass is 538 g/mol. The predicted octanol–water partition coefficient (Wildman–Crippen LogP) is 4.23. The number of rotatable bonds is 7. The van der Waals surface area contributed by atoms with E-state index in [2.05, 4.69) is 19.9 Å². The fraction of sp³-hybridized carbons (Fsp3) is 0.200. The van der Waals surface area contributed by atoms with Gasteiger partial charge in [0.2, 0.25) is 0 Å². The first-order valence-electron chi connectivity index (χ1n) is 13.0. The summed E-state index contributed by atoms with van der Waals surface area (Å²) in [6.07, 6.45) is 6.79. The molecule has 0 bridgehead atoms. The SMILES string of the molecule is Nc1ncnc2c1c(-c1ccc(NC(=O)c3cccn(Cc4cccc(F)c4)c3=O)cc1)cn2C1CC(CO)C1. The van der Waals surface area contributed by atoms with Gasteiger partial charge < -0.3 is 25.3 Å². The maximum Gasteiger partial charge on any atom is 0.263 e. The van der Waals surface area contributed by atoms with Crippen molar-refractivity contribution in [2.75, 3.05) is 17.7 Å². The number of nitrogens with zero attached hydrogens (tertiary/aromatic N) is 4. The molecular formula is C30H27FN6O3. The highest BCUT2D eigenvalue weighted by atomic mass is 19.1. The Morgan fingerprint density at radius 2 is 1.90 bits per heavy atom. The van der Waals surface area contributed by atoms with Crippen molar-refractivity contribution in [1.82, 2.24) is 19.1 Å². The standard InChI is InChI=1S/C30H27FN6O3/c31-21-4-1-3-18(11-21)14-36-10-2-5-24(30(36)40)29(39)35-22-8-6-20(7-9-22)25-15-37(23-12-19(13-23)16-38)28-26(25)27(32)33-17-34-28/h1-11,15,17,19,23,38H,12-14,16H2,(H,35,39)(H2,32,33,34). The van der Waals surface area contributed by atoms with E-state index in [1.54, 1.807) is 36.5 Å². The number of aliphatic hydroxyl groups excluding tert-OH is 1. The number of amides is 1. The number of nitrogens with one attached hydrogen (secondary N) is 1. The molecule has 0 unspecified atom stereocenters. The maximum absolute atomic E-state index is 13.6. The summed E-state index contributed by atoms with van der Waals surface area (Å²) < 4.78 is 17.0. The van der Waals surface area contributed by atoms with Gasteiger partial charge >= 0.3 is 0 Å². The maximum atomic E-state index is 13.6. The summed E-state index contributed by atoms with van der Waals surface area (Å²) in [5, 5.41) is 13.0. The van der Waals surface area contributed by atoms with Crippen LogP contribution in [-0.4, -0.2) is 36.7 Å². The third-order valence-corrected chi connectivity index (χ3v) is 7.46. The summed E-state index contributed by atoms with van der Waals surface area (Å²) in [7, 11) is 0. The molecule has 1 aliphatic rings. The number of hydrogen-bond donors (Lipinski definition) is 3. The molecule has 1 aliphatic carbocycles. The van der Waals surface area contributed by atoms with E-state index in [-0.39, 0.29) is 30.6 Å². The van der Waals surface area contributed by atoms with E-state index in [0.29, 0.717) is 23.0 Å². The van der Waals surface area contributed by atoms with Gasteiger partial charge in [-0.25, -0.2) is 14.4 Å². The fourth-order valence-corrected chi connectivity index (χ4v) is 5.28. The summed E-state index contributed by atoms with van der Waals surface area (Å²) in [6, 6.07) is 16.6. The van der Waals surface area contributed by atoms with Gasteiger partial charge in [0.25, 0.3) is 11.5 Å². The van der Waals surface area contributed by atoms with E-state index in [4.69, 9.17) is 5.73 Å². The minimum Gasteiger partial charge on any atom is -0.396 e. The molecule has 0 spiro atoms. The molecule has 0 radical (unpaired) electrons. The lowest BCUT2D eigenvalue weighted by atomic mass is 9.81. The Kier molecular flexibility index (Phi) is 6.61. The molecule has 9 nitrogen and oxygen atoms in total. The van der Waals surface area contributed by atoms with Crippen molar-refractivity contribution in [2.24, 2.45) is 5.92 Å². The summed E-state index contributed by atoms with van der Waals surface area (Å²) in [6.45, 7) is 0.324. The van der Waals surface area contributed by atoms with Gasteiger partial charge in [0, 0.05) is 36.3 Å². The molecule has 1 amide bonds. The first kappa shape index (κ1) is 25.4. The Bertz CT molecular complexity index is 1770. The molecule has 3 heterocycles. The van der Waals surface area contributed by atoms with Gasteiger partial charge in [-0.3, -0.25) is 9.59 Å². The van der Waals surface area contributed by atoms with Crippen LogP contribution < -0.4 is 16.6 Å². The number of carbonyl (C=O) groups excluding carboxylic acids is 1. The third-order valence-electron chi connectivity index (χ3n) is 7.46. The minimum absolute atomic E-state index is 0.0161. The number of nitrogens with two attached hydrogens (primary N) is 1. The molecule has 0 aliphatic heterocycles. The molecule has 5 aromatic rings. The number of carbonyl (C=O) groups is 1. The third kappa shape index (κ3) is 4.73. The van der Waals surface area contributed by atoms with Crippen molar-refractivity contribution in [3.63, 3.8) is 0 Å². The van der Waals surface area contributed by atoms with Crippen LogP contribution in [0.3, 0.4) is 0 Å². The quantitative estimate of drug-likeness (QED) is 0.285. The topological polar surface area (TPSA) is 128 Å². The number of halogens is 1. The summed E-state index contributed by atoms with van der Waals surface area (Å²) in [5.74, 6) is -0.249. The zero-order valence-electron chi connectivity index (χ0n) is 21.5. The Hall–Kier alpha value is -4.83. The van der Waals surface area contributed by atoms with Crippen LogP contribution >= 0.6 is 0 Å². The van der Waals surface area contributed by atoms with Crippen molar-refractivity contribution in [1.29, 1.82) is 0 Å². The molecule has 3 aromatic heterocycles. The molecule has 0 atom stereocenters. The second-order valence-electron chi connectivity index (χ2n) is 10.1. The minimum atomic E-state index is -0.538.